The zero-order valence-electron chi connectivity index (χ0n) is 13.6. The maximum atomic E-state index is 11.8. The maximum Gasteiger partial charge on any atom is 0.336 e. The highest BCUT2D eigenvalue weighted by atomic mass is 16.4. The molecule has 0 radical (unpaired) electrons. The fraction of sp³-hybridized carbons (Fsp3) is 0.250. The topological polar surface area (TPSA) is 33.5 Å². The Morgan fingerprint density at radius 3 is 2.52 bits per heavy atom. The van der Waals surface area contributed by atoms with Gasteiger partial charge < -0.3 is 4.42 Å². The predicted octanol–water partition coefficient (Wildman–Crippen LogP) is 4.12. The second-order valence-corrected chi connectivity index (χ2v) is 5.88. The number of aryl methyl sites for hydroxylation is 1. The highest BCUT2D eigenvalue weighted by Crippen LogP contribution is 2.20. The Morgan fingerprint density at radius 1 is 1.00 bits per heavy atom. The van der Waals surface area contributed by atoms with Gasteiger partial charge in [0, 0.05) is 24.5 Å². The SMILES string of the molecule is CCN(Cc1ccccc1)Cc1cc(=O)oc2ccc(C)cc12. The van der Waals surface area contributed by atoms with Crippen molar-refractivity contribution in [2.75, 3.05) is 6.54 Å². The molecule has 0 aliphatic heterocycles. The lowest BCUT2D eigenvalue weighted by Gasteiger charge is -2.21. The Labute approximate surface area is 136 Å². The van der Waals surface area contributed by atoms with Crippen molar-refractivity contribution in [1.29, 1.82) is 0 Å². The third-order valence-electron chi connectivity index (χ3n) is 4.07. The van der Waals surface area contributed by atoms with Gasteiger partial charge in [-0.2, -0.15) is 0 Å². The fourth-order valence-corrected chi connectivity index (χ4v) is 2.83. The van der Waals surface area contributed by atoms with Crippen molar-refractivity contribution < 1.29 is 4.42 Å². The van der Waals surface area contributed by atoms with Crippen molar-refractivity contribution in [2.45, 2.75) is 26.9 Å². The molecule has 1 heterocycles. The van der Waals surface area contributed by atoms with Crippen LogP contribution in [0.4, 0.5) is 0 Å². The van der Waals surface area contributed by atoms with Gasteiger partial charge in [-0.1, -0.05) is 48.9 Å². The Morgan fingerprint density at radius 2 is 1.78 bits per heavy atom. The highest BCUT2D eigenvalue weighted by Gasteiger charge is 2.10. The molecule has 0 fully saturated rings. The van der Waals surface area contributed by atoms with Gasteiger partial charge in [0.15, 0.2) is 0 Å². The fourth-order valence-electron chi connectivity index (χ4n) is 2.83. The van der Waals surface area contributed by atoms with E-state index in [1.54, 1.807) is 6.07 Å². The molecule has 0 atom stereocenters. The van der Waals surface area contributed by atoms with Gasteiger partial charge in [-0.25, -0.2) is 4.79 Å². The maximum absolute atomic E-state index is 11.8. The van der Waals surface area contributed by atoms with Gasteiger partial charge in [0.1, 0.15) is 5.58 Å². The van der Waals surface area contributed by atoms with E-state index in [9.17, 15) is 4.79 Å². The molecule has 0 amide bonds. The lowest BCUT2D eigenvalue weighted by Crippen LogP contribution is -2.23. The molecule has 0 aliphatic carbocycles. The van der Waals surface area contributed by atoms with Gasteiger partial charge in [-0.3, -0.25) is 4.90 Å². The highest BCUT2D eigenvalue weighted by molar-refractivity contribution is 5.80. The van der Waals surface area contributed by atoms with Gasteiger partial charge in [0.25, 0.3) is 0 Å². The summed E-state index contributed by atoms with van der Waals surface area (Å²) in [4.78, 5) is 14.2. The summed E-state index contributed by atoms with van der Waals surface area (Å²) in [5.41, 5.74) is 3.84. The third kappa shape index (κ3) is 3.69. The van der Waals surface area contributed by atoms with Crippen LogP contribution in [0.2, 0.25) is 0 Å². The number of rotatable bonds is 5. The van der Waals surface area contributed by atoms with Crippen LogP contribution in [0.5, 0.6) is 0 Å². The molecule has 0 aliphatic rings. The molecule has 3 heteroatoms. The third-order valence-corrected chi connectivity index (χ3v) is 4.07. The quantitative estimate of drug-likeness (QED) is 0.665. The summed E-state index contributed by atoms with van der Waals surface area (Å²) in [6.07, 6.45) is 0. The minimum Gasteiger partial charge on any atom is -0.423 e. The van der Waals surface area contributed by atoms with E-state index < -0.39 is 0 Å². The Hall–Kier alpha value is -2.39. The van der Waals surface area contributed by atoms with E-state index in [2.05, 4.69) is 49.1 Å². The first-order chi connectivity index (χ1) is 11.2. The van der Waals surface area contributed by atoms with Crippen molar-refractivity contribution in [2.24, 2.45) is 0 Å². The van der Waals surface area contributed by atoms with Gasteiger partial charge in [-0.15, -0.1) is 0 Å². The van der Waals surface area contributed by atoms with Crippen molar-refractivity contribution in [1.82, 2.24) is 4.90 Å². The van der Waals surface area contributed by atoms with Crippen molar-refractivity contribution in [3.05, 3.63) is 81.7 Å². The van der Waals surface area contributed by atoms with Crippen LogP contribution in [-0.4, -0.2) is 11.4 Å². The molecular weight excluding hydrogens is 286 g/mol. The second kappa shape index (κ2) is 6.80. The second-order valence-electron chi connectivity index (χ2n) is 5.88. The molecule has 0 unspecified atom stereocenters. The van der Waals surface area contributed by atoms with E-state index in [-0.39, 0.29) is 5.63 Å². The van der Waals surface area contributed by atoms with E-state index in [1.165, 1.54) is 11.1 Å². The number of hydrogen-bond acceptors (Lipinski definition) is 3. The molecule has 118 valence electrons. The van der Waals surface area contributed by atoms with Crippen LogP contribution in [-0.2, 0) is 13.1 Å². The zero-order valence-corrected chi connectivity index (χ0v) is 13.6. The molecule has 3 nitrogen and oxygen atoms in total. The van der Waals surface area contributed by atoms with E-state index in [0.717, 1.165) is 30.6 Å². The van der Waals surface area contributed by atoms with Crippen LogP contribution in [0.3, 0.4) is 0 Å². The summed E-state index contributed by atoms with van der Waals surface area (Å²) < 4.78 is 5.32. The van der Waals surface area contributed by atoms with E-state index in [1.807, 2.05) is 18.2 Å². The lowest BCUT2D eigenvalue weighted by atomic mass is 10.1. The van der Waals surface area contributed by atoms with Gasteiger partial charge in [0.2, 0.25) is 0 Å². The molecule has 0 bridgehead atoms. The monoisotopic (exact) mass is 307 g/mol. The molecular formula is C20H21NO2. The van der Waals surface area contributed by atoms with Gasteiger partial charge in [0.05, 0.1) is 0 Å². The van der Waals surface area contributed by atoms with Crippen LogP contribution in [0.15, 0.2) is 63.8 Å². The van der Waals surface area contributed by atoms with Crippen molar-refractivity contribution in [3.8, 4) is 0 Å². The smallest absolute Gasteiger partial charge is 0.336 e. The van der Waals surface area contributed by atoms with Gasteiger partial charge >= 0.3 is 5.63 Å². The molecule has 3 aromatic rings. The molecule has 0 saturated heterocycles. The molecule has 3 rings (SSSR count). The predicted molar refractivity (Wildman–Crippen MR) is 93.5 cm³/mol. The Kier molecular flexibility index (Phi) is 4.58. The first-order valence-corrected chi connectivity index (χ1v) is 7.95. The summed E-state index contributed by atoms with van der Waals surface area (Å²) >= 11 is 0. The molecule has 1 aromatic heterocycles. The average molecular weight is 307 g/mol. The van der Waals surface area contributed by atoms with Crippen LogP contribution < -0.4 is 5.63 Å². The first-order valence-electron chi connectivity index (χ1n) is 7.95. The minimum absolute atomic E-state index is 0.285. The van der Waals surface area contributed by atoms with Crippen molar-refractivity contribution >= 4 is 11.0 Å². The summed E-state index contributed by atoms with van der Waals surface area (Å²) in [6.45, 7) is 6.71. The molecule has 23 heavy (non-hydrogen) atoms. The standard InChI is InChI=1S/C20H21NO2/c1-3-21(13-16-7-5-4-6-8-16)14-17-12-20(22)23-19-10-9-15(2)11-18(17)19/h4-12H,3,13-14H2,1-2H3. The Bertz CT molecular complexity index is 852. The Balaban J connectivity index is 1.92. The lowest BCUT2D eigenvalue weighted by molar-refractivity contribution is 0.272. The summed E-state index contributed by atoms with van der Waals surface area (Å²) in [6, 6.07) is 17.9. The van der Waals surface area contributed by atoms with E-state index in [0.29, 0.717) is 5.58 Å². The van der Waals surface area contributed by atoms with Crippen LogP contribution in [0, 0.1) is 6.92 Å². The zero-order chi connectivity index (χ0) is 16.2. The van der Waals surface area contributed by atoms with Gasteiger partial charge in [-0.05, 0) is 36.7 Å². The van der Waals surface area contributed by atoms with Crippen LogP contribution in [0.25, 0.3) is 11.0 Å². The summed E-state index contributed by atoms with van der Waals surface area (Å²) in [7, 11) is 0. The number of hydrogen-bond donors (Lipinski definition) is 0. The number of benzene rings is 2. The van der Waals surface area contributed by atoms with Crippen LogP contribution in [0.1, 0.15) is 23.6 Å². The van der Waals surface area contributed by atoms with Crippen molar-refractivity contribution in [3.63, 3.8) is 0 Å². The van der Waals surface area contributed by atoms with E-state index >= 15 is 0 Å². The number of nitrogens with zero attached hydrogens (tertiary/aromatic N) is 1. The normalized spacial score (nSPS) is 11.3. The average Bonchev–Trinajstić information content (AvgIpc) is 2.55. The molecule has 0 saturated carbocycles. The first kappa shape index (κ1) is 15.5. The number of fused-ring (bicyclic) bond motifs is 1. The summed E-state index contributed by atoms with van der Waals surface area (Å²) in [5, 5.41) is 1.02. The van der Waals surface area contributed by atoms with E-state index in [4.69, 9.17) is 4.42 Å². The largest absolute Gasteiger partial charge is 0.423 e. The molecule has 0 N–H and O–H groups in total. The minimum atomic E-state index is -0.285. The summed E-state index contributed by atoms with van der Waals surface area (Å²) in [5.74, 6) is 0. The molecule has 2 aromatic carbocycles. The van der Waals surface area contributed by atoms with Crippen LogP contribution >= 0.6 is 0 Å². The molecule has 0 spiro atoms.